The average molecular weight is 532 g/mol. The Hall–Kier alpha value is -1.84. The molecule has 3 rings (SSSR count). The van der Waals surface area contributed by atoms with E-state index in [0.717, 1.165) is 20.4 Å². The SMILES string of the molecule is CO/N=C\NC(=O)c1ccc(C2=NOC(C)(c3cc(Cl)cc(Cl)c3)C2)cc1I. The smallest absolute Gasteiger partial charge is 0.257 e. The quantitative estimate of drug-likeness (QED) is 0.256. The van der Waals surface area contributed by atoms with Crippen LogP contribution >= 0.6 is 45.8 Å². The number of hydrogen-bond donors (Lipinski definition) is 1. The molecular formula is C19H16Cl2IN3O3. The molecule has 0 radical (unpaired) electrons. The van der Waals surface area contributed by atoms with E-state index in [4.69, 9.17) is 28.0 Å². The molecule has 1 unspecified atom stereocenters. The minimum atomic E-state index is -0.665. The molecule has 6 nitrogen and oxygen atoms in total. The van der Waals surface area contributed by atoms with Crippen LogP contribution in [0, 0.1) is 3.57 Å². The predicted octanol–water partition coefficient (Wildman–Crippen LogP) is 4.96. The number of nitrogens with one attached hydrogen (secondary N) is 1. The van der Waals surface area contributed by atoms with Crippen LogP contribution in [0.15, 0.2) is 46.7 Å². The van der Waals surface area contributed by atoms with E-state index in [-0.39, 0.29) is 5.91 Å². The van der Waals surface area contributed by atoms with Gasteiger partial charge in [0.15, 0.2) is 5.60 Å². The van der Waals surface area contributed by atoms with Gasteiger partial charge in [-0.3, -0.25) is 4.79 Å². The van der Waals surface area contributed by atoms with Crippen molar-refractivity contribution >= 4 is 63.8 Å². The van der Waals surface area contributed by atoms with Crippen molar-refractivity contribution in [3.05, 3.63) is 66.7 Å². The van der Waals surface area contributed by atoms with Gasteiger partial charge in [0.1, 0.15) is 13.4 Å². The molecular weight excluding hydrogens is 516 g/mol. The van der Waals surface area contributed by atoms with E-state index in [0.29, 0.717) is 22.0 Å². The number of rotatable bonds is 5. The Balaban J connectivity index is 1.79. The maximum absolute atomic E-state index is 12.2. The normalized spacial score (nSPS) is 18.7. The first kappa shape index (κ1) is 20.9. The summed E-state index contributed by atoms with van der Waals surface area (Å²) in [5, 5.41) is 11.4. The first-order valence-electron chi connectivity index (χ1n) is 8.20. The third kappa shape index (κ3) is 4.59. The summed E-state index contributed by atoms with van der Waals surface area (Å²) in [5.41, 5.74) is 2.37. The fourth-order valence-corrected chi connectivity index (χ4v) is 4.09. The molecule has 0 aliphatic carbocycles. The highest BCUT2D eigenvalue weighted by Gasteiger charge is 2.37. The Bertz CT molecular complexity index is 961. The Labute approximate surface area is 186 Å². The van der Waals surface area contributed by atoms with Crippen LogP contribution in [0.3, 0.4) is 0 Å². The van der Waals surface area contributed by atoms with Crippen molar-refractivity contribution in [3.8, 4) is 0 Å². The van der Waals surface area contributed by atoms with Crippen molar-refractivity contribution in [2.24, 2.45) is 10.3 Å². The summed E-state index contributed by atoms with van der Waals surface area (Å²) in [7, 11) is 1.40. The standard InChI is InChI=1S/C19H16Cl2IN3O3/c1-19(12-6-13(20)8-14(21)7-12)9-17(25-28-19)11-3-4-15(16(22)5-11)18(26)23-10-24-27-2/h3-8,10H,9H2,1-2H3,(H,23,24,26). The molecule has 2 aromatic rings. The molecule has 1 aliphatic heterocycles. The minimum absolute atomic E-state index is 0.278. The van der Waals surface area contributed by atoms with Crippen molar-refractivity contribution in [2.45, 2.75) is 18.9 Å². The lowest BCUT2D eigenvalue weighted by molar-refractivity contribution is -0.00737. The number of nitrogens with zero attached hydrogens (tertiary/aromatic N) is 2. The predicted molar refractivity (Wildman–Crippen MR) is 118 cm³/mol. The molecule has 0 saturated carbocycles. The van der Waals surface area contributed by atoms with Crippen LogP contribution in [-0.2, 0) is 15.3 Å². The summed E-state index contributed by atoms with van der Waals surface area (Å²) in [4.78, 5) is 22.4. The second kappa shape index (κ2) is 8.67. The van der Waals surface area contributed by atoms with Crippen LogP contribution in [0.1, 0.15) is 34.8 Å². The number of benzene rings is 2. The molecule has 0 aromatic heterocycles. The van der Waals surface area contributed by atoms with Crippen molar-refractivity contribution in [1.29, 1.82) is 0 Å². The zero-order valence-electron chi connectivity index (χ0n) is 15.0. The van der Waals surface area contributed by atoms with Crippen molar-refractivity contribution in [3.63, 3.8) is 0 Å². The number of oxime groups is 2. The molecule has 0 bridgehead atoms. The second-order valence-electron chi connectivity index (χ2n) is 6.28. The number of halogens is 3. The molecule has 1 aliphatic rings. The molecule has 146 valence electrons. The molecule has 28 heavy (non-hydrogen) atoms. The van der Waals surface area contributed by atoms with E-state index in [1.165, 1.54) is 13.4 Å². The Morgan fingerprint density at radius 1 is 1.32 bits per heavy atom. The van der Waals surface area contributed by atoms with Crippen LogP contribution in [0.5, 0.6) is 0 Å². The van der Waals surface area contributed by atoms with E-state index in [9.17, 15) is 4.79 Å². The molecule has 2 aromatic carbocycles. The Morgan fingerprint density at radius 2 is 2.04 bits per heavy atom. The molecule has 1 amide bonds. The van der Waals surface area contributed by atoms with E-state index in [2.05, 4.69) is 43.1 Å². The summed E-state index contributed by atoms with van der Waals surface area (Å²) in [6.07, 6.45) is 1.74. The van der Waals surface area contributed by atoms with Gasteiger partial charge in [0, 0.05) is 31.2 Å². The summed E-state index contributed by atoms with van der Waals surface area (Å²) in [5.74, 6) is -0.278. The minimum Gasteiger partial charge on any atom is -0.398 e. The van der Waals surface area contributed by atoms with Gasteiger partial charge in [0.05, 0.1) is 11.3 Å². The van der Waals surface area contributed by atoms with E-state index >= 15 is 0 Å². The maximum atomic E-state index is 12.2. The lowest BCUT2D eigenvalue weighted by Crippen LogP contribution is -2.23. The van der Waals surface area contributed by atoms with Crippen LogP contribution in [0.2, 0.25) is 10.0 Å². The Kier molecular flexibility index (Phi) is 6.47. The average Bonchev–Trinajstić information content (AvgIpc) is 3.04. The molecule has 0 spiro atoms. The van der Waals surface area contributed by atoms with Gasteiger partial charge in [-0.1, -0.05) is 39.6 Å². The lowest BCUT2D eigenvalue weighted by Gasteiger charge is -2.22. The zero-order valence-corrected chi connectivity index (χ0v) is 18.7. The molecule has 0 saturated heterocycles. The van der Waals surface area contributed by atoms with Gasteiger partial charge in [-0.2, -0.15) is 0 Å². The largest absolute Gasteiger partial charge is 0.398 e. The van der Waals surface area contributed by atoms with Crippen LogP contribution in [-0.4, -0.2) is 25.1 Å². The fraction of sp³-hybridized carbons (Fsp3) is 0.211. The zero-order chi connectivity index (χ0) is 20.3. The van der Waals surface area contributed by atoms with Gasteiger partial charge in [-0.15, -0.1) is 0 Å². The summed E-state index contributed by atoms with van der Waals surface area (Å²) < 4.78 is 0.778. The van der Waals surface area contributed by atoms with Gasteiger partial charge in [0.25, 0.3) is 5.91 Å². The van der Waals surface area contributed by atoms with Crippen molar-refractivity contribution in [1.82, 2.24) is 5.32 Å². The number of carbonyl (C=O) groups is 1. The van der Waals surface area contributed by atoms with E-state index in [1.807, 2.05) is 31.2 Å². The van der Waals surface area contributed by atoms with Crippen LogP contribution < -0.4 is 5.32 Å². The number of amides is 1. The topological polar surface area (TPSA) is 72.3 Å². The van der Waals surface area contributed by atoms with Gasteiger partial charge in [-0.05, 0) is 59.8 Å². The monoisotopic (exact) mass is 531 g/mol. The highest BCUT2D eigenvalue weighted by atomic mass is 127. The third-order valence-electron chi connectivity index (χ3n) is 4.24. The lowest BCUT2D eigenvalue weighted by atomic mass is 9.89. The summed E-state index contributed by atoms with van der Waals surface area (Å²) >= 11 is 14.4. The van der Waals surface area contributed by atoms with Crippen LogP contribution in [0.4, 0.5) is 0 Å². The van der Waals surface area contributed by atoms with Crippen molar-refractivity contribution < 1.29 is 14.5 Å². The van der Waals surface area contributed by atoms with E-state index < -0.39 is 5.60 Å². The summed E-state index contributed by atoms with van der Waals surface area (Å²) in [6.45, 7) is 1.94. The molecule has 0 fully saturated rings. The Morgan fingerprint density at radius 3 is 2.68 bits per heavy atom. The molecule has 1 atom stereocenters. The second-order valence-corrected chi connectivity index (χ2v) is 8.32. The van der Waals surface area contributed by atoms with Gasteiger partial charge in [0.2, 0.25) is 0 Å². The van der Waals surface area contributed by atoms with Gasteiger partial charge < -0.3 is 15.0 Å². The van der Waals surface area contributed by atoms with Crippen LogP contribution in [0.25, 0.3) is 0 Å². The highest BCUT2D eigenvalue weighted by molar-refractivity contribution is 14.1. The third-order valence-corrected chi connectivity index (χ3v) is 5.56. The van der Waals surface area contributed by atoms with Gasteiger partial charge >= 0.3 is 0 Å². The van der Waals surface area contributed by atoms with E-state index in [1.54, 1.807) is 12.1 Å². The number of carbonyl (C=O) groups excluding carboxylic acids is 1. The highest BCUT2D eigenvalue weighted by Crippen LogP contribution is 2.38. The summed E-state index contributed by atoms with van der Waals surface area (Å²) in [6, 6.07) is 10.8. The number of hydrogen-bond acceptors (Lipinski definition) is 5. The first-order valence-corrected chi connectivity index (χ1v) is 10.0. The first-order chi connectivity index (χ1) is 13.3. The fourth-order valence-electron chi connectivity index (χ4n) is 2.80. The maximum Gasteiger partial charge on any atom is 0.257 e. The van der Waals surface area contributed by atoms with Gasteiger partial charge in [-0.25, -0.2) is 0 Å². The molecule has 9 heteroatoms. The molecule has 1 heterocycles. The molecule has 1 N–H and O–H groups in total. The van der Waals surface area contributed by atoms with Crippen molar-refractivity contribution in [2.75, 3.05) is 7.11 Å².